The molecule has 0 aliphatic heterocycles. The summed E-state index contributed by atoms with van der Waals surface area (Å²) in [4.78, 5) is 24.7. The van der Waals surface area contributed by atoms with Crippen LogP contribution in [0.5, 0.6) is 0 Å². The molecule has 0 aliphatic carbocycles. The second-order valence-corrected chi connectivity index (χ2v) is 8.00. The van der Waals surface area contributed by atoms with Gasteiger partial charge in [0.15, 0.2) is 0 Å². The van der Waals surface area contributed by atoms with Crippen LogP contribution >= 0.6 is 0 Å². The number of carbonyl (C=O) groups is 1. The number of terminal acetylenes is 1. The number of benzene rings is 3. The molecule has 0 aliphatic rings. The molecular formula is C28H25N3O3. The Morgan fingerprint density at radius 2 is 1.62 bits per heavy atom. The van der Waals surface area contributed by atoms with Gasteiger partial charge >= 0.3 is 11.7 Å². The maximum Gasteiger partial charge on any atom is 0.346 e. The first-order chi connectivity index (χ1) is 16.6. The maximum atomic E-state index is 13.1. The van der Waals surface area contributed by atoms with E-state index in [1.165, 1.54) is 4.68 Å². The highest BCUT2D eigenvalue weighted by Crippen LogP contribution is 2.24. The average Bonchev–Trinajstić information content (AvgIpc) is 3.16. The molecule has 0 saturated heterocycles. The van der Waals surface area contributed by atoms with Gasteiger partial charge in [0.25, 0.3) is 0 Å². The van der Waals surface area contributed by atoms with Crippen LogP contribution in [0.1, 0.15) is 33.7 Å². The van der Waals surface area contributed by atoms with Gasteiger partial charge in [-0.2, -0.15) is 5.10 Å². The van der Waals surface area contributed by atoms with E-state index >= 15 is 0 Å². The van der Waals surface area contributed by atoms with E-state index in [4.69, 9.17) is 6.42 Å². The van der Waals surface area contributed by atoms with Gasteiger partial charge in [0, 0.05) is 12.8 Å². The van der Waals surface area contributed by atoms with E-state index < -0.39 is 5.97 Å². The minimum atomic E-state index is -0.965. The van der Waals surface area contributed by atoms with Crippen molar-refractivity contribution in [3.63, 3.8) is 0 Å². The van der Waals surface area contributed by atoms with Crippen LogP contribution in [0, 0.1) is 12.3 Å². The highest BCUT2D eigenvalue weighted by molar-refractivity contribution is 5.95. The molecule has 170 valence electrons. The molecular weight excluding hydrogens is 426 g/mol. The Bertz CT molecular complexity index is 1380. The molecule has 0 unspecified atom stereocenters. The first kappa shape index (κ1) is 22.8. The summed E-state index contributed by atoms with van der Waals surface area (Å²) < 4.78 is 3.18. The molecule has 0 spiro atoms. The minimum absolute atomic E-state index is 0.164. The van der Waals surface area contributed by atoms with Crippen molar-refractivity contribution in [3.8, 4) is 23.5 Å². The molecule has 0 radical (unpaired) electrons. The SMILES string of the molecule is C#CCCc1nn(CCc2ccccc2)c(=O)n1Cc1ccc(-c2ccccc2C(=O)O)cc1. The van der Waals surface area contributed by atoms with Crippen LogP contribution in [0.15, 0.2) is 83.7 Å². The summed E-state index contributed by atoms with van der Waals surface area (Å²) in [5.74, 6) is 2.32. The number of nitrogens with zero attached hydrogens (tertiary/aromatic N) is 3. The third-order valence-corrected chi connectivity index (χ3v) is 5.71. The van der Waals surface area contributed by atoms with E-state index in [9.17, 15) is 14.7 Å². The monoisotopic (exact) mass is 451 g/mol. The summed E-state index contributed by atoms with van der Waals surface area (Å²) in [7, 11) is 0. The quantitative estimate of drug-likeness (QED) is 0.386. The first-order valence-electron chi connectivity index (χ1n) is 11.1. The lowest BCUT2D eigenvalue weighted by Gasteiger charge is -2.09. The number of aromatic nitrogens is 3. The van der Waals surface area contributed by atoms with Gasteiger partial charge in [0.05, 0.1) is 18.7 Å². The average molecular weight is 452 g/mol. The van der Waals surface area contributed by atoms with Crippen LogP contribution in [-0.4, -0.2) is 25.4 Å². The normalized spacial score (nSPS) is 10.7. The van der Waals surface area contributed by atoms with Crippen molar-refractivity contribution in [2.75, 3.05) is 0 Å². The van der Waals surface area contributed by atoms with Gasteiger partial charge in [0.2, 0.25) is 0 Å². The summed E-state index contributed by atoms with van der Waals surface area (Å²) >= 11 is 0. The van der Waals surface area contributed by atoms with Gasteiger partial charge in [-0.05, 0) is 34.7 Å². The van der Waals surface area contributed by atoms with Crippen LogP contribution in [-0.2, 0) is 25.9 Å². The zero-order valence-corrected chi connectivity index (χ0v) is 18.7. The number of rotatable bonds is 9. The lowest BCUT2D eigenvalue weighted by molar-refractivity contribution is 0.0697. The van der Waals surface area contributed by atoms with E-state index in [1.54, 1.807) is 22.8 Å². The van der Waals surface area contributed by atoms with Crippen molar-refractivity contribution in [2.45, 2.75) is 32.4 Å². The summed E-state index contributed by atoms with van der Waals surface area (Å²) in [6.45, 7) is 0.856. The topological polar surface area (TPSA) is 77.1 Å². The molecule has 4 aromatic rings. The Labute approximate surface area is 198 Å². The molecule has 6 heteroatoms. The fourth-order valence-electron chi connectivity index (χ4n) is 3.93. The Hall–Kier alpha value is -4.37. The third-order valence-electron chi connectivity index (χ3n) is 5.71. The molecule has 1 N–H and O–H groups in total. The summed E-state index contributed by atoms with van der Waals surface area (Å²) in [5, 5.41) is 14.0. The van der Waals surface area contributed by atoms with Crippen LogP contribution in [0.4, 0.5) is 0 Å². The van der Waals surface area contributed by atoms with E-state index in [2.05, 4.69) is 11.0 Å². The smallest absolute Gasteiger partial charge is 0.346 e. The highest BCUT2D eigenvalue weighted by atomic mass is 16.4. The van der Waals surface area contributed by atoms with Gasteiger partial charge < -0.3 is 5.11 Å². The standard InChI is InChI=1S/C28H25N3O3/c1-2-3-13-26-29-31(19-18-21-9-5-4-6-10-21)28(34)30(26)20-22-14-16-23(17-15-22)24-11-7-8-12-25(24)27(32)33/h1,4-12,14-17H,3,13,18-20H2,(H,32,33). The van der Waals surface area contributed by atoms with E-state index in [0.717, 1.165) is 16.7 Å². The summed E-state index contributed by atoms with van der Waals surface area (Å²) in [5.41, 5.74) is 3.61. The zero-order chi connectivity index (χ0) is 23.9. The third kappa shape index (κ3) is 5.16. The van der Waals surface area contributed by atoms with Gasteiger partial charge in [-0.1, -0.05) is 72.8 Å². The molecule has 4 rings (SSSR count). The molecule has 3 aromatic carbocycles. The molecule has 1 aromatic heterocycles. The largest absolute Gasteiger partial charge is 0.478 e. The number of hydrogen-bond donors (Lipinski definition) is 1. The van der Waals surface area contributed by atoms with Crippen molar-refractivity contribution in [1.29, 1.82) is 0 Å². The molecule has 1 heterocycles. The molecule has 0 fully saturated rings. The Kier molecular flexibility index (Phi) is 7.04. The van der Waals surface area contributed by atoms with E-state index in [-0.39, 0.29) is 11.3 Å². The summed E-state index contributed by atoms with van der Waals surface area (Å²) in [6, 6.07) is 24.5. The Morgan fingerprint density at radius 1 is 0.912 bits per heavy atom. The second-order valence-electron chi connectivity index (χ2n) is 8.00. The molecule has 0 bridgehead atoms. The van der Waals surface area contributed by atoms with Crippen LogP contribution in [0.2, 0.25) is 0 Å². The minimum Gasteiger partial charge on any atom is -0.478 e. The van der Waals surface area contributed by atoms with Crippen molar-refractivity contribution < 1.29 is 9.90 Å². The lowest BCUT2D eigenvalue weighted by Crippen LogP contribution is -2.26. The molecule has 34 heavy (non-hydrogen) atoms. The number of aryl methyl sites for hydroxylation is 3. The second kappa shape index (κ2) is 10.5. The first-order valence-corrected chi connectivity index (χ1v) is 11.1. The van der Waals surface area contributed by atoms with Crippen molar-refractivity contribution in [3.05, 3.63) is 112 Å². The Morgan fingerprint density at radius 3 is 2.32 bits per heavy atom. The molecule has 0 amide bonds. The van der Waals surface area contributed by atoms with Crippen LogP contribution in [0.25, 0.3) is 11.1 Å². The number of aromatic carboxylic acids is 1. The molecule has 0 saturated carbocycles. The zero-order valence-electron chi connectivity index (χ0n) is 18.7. The number of hydrogen-bond acceptors (Lipinski definition) is 3. The van der Waals surface area contributed by atoms with Gasteiger partial charge in [-0.15, -0.1) is 12.3 Å². The predicted molar refractivity (Wildman–Crippen MR) is 132 cm³/mol. The highest BCUT2D eigenvalue weighted by Gasteiger charge is 2.15. The van der Waals surface area contributed by atoms with Crippen molar-refractivity contribution in [1.82, 2.24) is 14.3 Å². The van der Waals surface area contributed by atoms with E-state index in [0.29, 0.717) is 43.7 Å². The maximum absolute atomic E-state index is 13.1. The van der Waals surface area contributed by atoms with Gasteiger partial charge in [-0.3, -0.25) is 4.57 Å². The van der Waals surface area contributed by atoms with Gasteiger partial charge in [0.1, 0.15) is 5.82 Å². The van der Waals surface area contributed by atoms with Crippen molar-refractivity contribution in [2.24, 2.45) is 0 Å². The molecule has 0 atom stereocenters. The van der Waals surface area contributed by atoms with Crippen molar-refractivity contribution >= 4 is 5.97 Å². The fraction of sp³-hybridized carbons (Fsp3) is 0.179. The lowest BCUT2D eigenvalue weighted by atomic mass is 9.99. The predicted octanol–water partition coefficient (Wildman–Crippen LogP) is 4.27. The van der Waals surface area contributed by atoms with Crippen LogP contribution in [0.3, 0.4) is 0 Å². The Balaban J connectivity index is 1.58. The number of carboxylic acids is 1. The number of carboxylic acid groups (broad SMARTS) is 1. The molecule has 6 nitrogen and oxygen atoms in total. The van der Waals surface area contributed by atoms with E-state index in [1.807, 2.05) is 60.7 Å². The van der Waals surface area contributed by atoms with Crippen LogP contribution < -0.4 is 5.69 Å². The summed E-state index contributed by atoms with van der Waals surface area (Å²) in [6.07, 6.45) is 7.18. The fourth-order valence-corrected chi connectivity index (χ4v) is 3.93. The van der Waals surface area contributed by atoms with Gasteiger partial charge in [-0.25, -0.2) is 14.3 Å².